The fraction of sp³-hybridized carbons (Fsp3) is 0.611. The van der Waals surface area contributed by atoms with E-state index in [4.69, 9.17) is 0 Å². The Bertz CT molecular complexity index is 788. The van der Waals surface area contributed by atoms with Gasteiger partial charge >= 0.3 is 15.5 Å². The van der Waals surface area contributed by atoms with E-state index >= 15 is 0 Å². The van der Waals surface area contributed by atoms with Crippen LogP contribution in [0.4, 0.5) is 13.2 Å². The Labute approximate surface area is 164 Å². The molecule has 0 aliphatic carbocycles. The minimum absolute atomic E-state index is 0.0864. The van der Waals surface area contributed by atoms with Gasteiger partial charge in [0.05, 0.1) is 0 Å². The van der Waals surface area contributed by atoms with E-state index in [0.29, 0.717) is 36.2 Å². The third-order valence-electron chi connectivity index (χ3n) is 5.00. The highest BCUT2D eigenvalue weighted by Crippen LogP contribution is 2.30. The number of benzene rings is 1. The average Bonchev–Trinajstić information content (AvgIpc) is 2.63. The smallest absolute Gasteiger partial charge is 0.356 e. The van der Waals surface area contributed by atoms with Crippen LogP contribution in [0.15, 0.2) is 29.3 Å². The summed E-state index contributed by atoms with van der Waals surface area (Å²) in [6.45, 7) is 3.01. The number of rotatable bonds is 5. The van der Waals surface area contributed by atoms with Crippen molar-refractivity contribution in [1.82, 2.24) is 14.5 Å². The fourth-order valence-electron chi connectivity index (χ4n) is 3.24. The SMILES string of the molecule is CN=C(NCC1CCN(S(=O)(=O)C(F)(F)F)CC1)N(C)Cc1ccccc1C. The van der Waals surface area contributed by atoms with Crippen LogP contribution in [0.25, 0.3) is 0 Å². The zero-order chi connectivity index (χ0) is 20.9. The highest BCUT2D eigenvalue weighted by Gasteiger charge is 2.50. The second kappa shape index (κ2) is 9.13. The van der Waals surface area contributed by atoms with Crippen molar-refractivity contribution in [3.05, 3.63) is 35.4 Å². The summed E-state index contributed by atoms with van der Waals surface area (Å²) in [6, 6.07) is 8.06. The number of sulfonamides is 1. The highest BCUT2D eigenvalue weighted by molar-refractivity contribution is 7.90. The van der Waals surface area contributed by atoms with E-state index in [-0.39, 0.29) is 19.0 Å². The Morgan fingerprint density at radius 3 is 2.43 bits per heavy atom. The molecule has 0 saturated carbocycles. The number of aliphatic imine (C=N–C) groups is 1. The summed E-state index contributed by atoms with van der Waals surface area (Å²) in [6.07, 6.45) is 0.752. The summed E-state index contributed by atoms with van der Waals surface area (Å²) < 4.78 is 61.4. The average molecular weight is 421 g/mol. The second-order valence-corrected chi connectivity index (χ2v) is 8.93. The Morgan fingerprint density at radius 2 is 1.89 bits per heavy atom. The number of hydrogen-bond acceptors (Lipinski definition) is 3. The van der Waals surface area contributed by atoms with E-state index in [2.05, 4.69) is 16.4 Å². The number of aryl methyl sites for hydroxylation is 1. The molecular weight excluding hydrogens is 393 g/mol. The third-order valence-corrected chi connectivity index (χ3v) is 6.63. The Kier molecular flexibility index (Phi) is 7.33. The van der Waals surface area contributed by atoms with Crippen molar-refractivity contribution in [3.8, 4) is 0 Å². The molecule has 0 bridgehead atoms. The van der Waals surface area contributed by atoms with Crippen LogP contribution in [0.2, 0.25) is 0 Å². The number of halogens is 3. The van der Waals surface area contributed by atoms with Crippen molar-refractivity contribution < 1.29 is 21.6 Å². The van der Waals surface area contributed by atoms with E-state index in [1.807, 2.05) is 37.1 Å². The summed E-state index contributed by atoms with van der Waals surface area (Å²) >= 11 is 0. The van der Waals surface area contributed by atoms with Crippen LogP contribution in [0.3, 0.4) is 0 Å². The molecule has 6 nitrogen and oxygen atoms in total. The largest absolute Gasteiger partial charge is 0.511 e. The first-order valence-electron chi connectivity index (χ1n) is 9.09. The fourth-order valence-corrected chi connectivity index (χ4v) is 4.22. The van der Waals surface area contributed by atoms with Gasteiger partial charge in [0.25, 0.3) is 0 Å². The monoisotopic (exact) mass is 420 g/mol. The van der Waals surface area contributed by atoms with Crippen LogP contribution >= 0.6 is 0 Å². The Morgan fingerprint density at radius 1 is 1.29 bits per heavy atom. The molecule has 1 aromatic rings. The molecule has 1 aromatic carbocycles. The van der Waals surface area contributed by atoms with E-state index in [1.54, 1.807) is 7.05 Å². The second-order valence-electron chi connectivity index (χ2n) is 7.00. The molecule has 158 valence electrons. The maximum absolute atomic E-state index is 12.6. The summed E-state index contributed by atoms with van der Waals surface area (Å²) in [4.78, 5) is 6.24. The van der Waals surface area contributed by atoms with E-state index in [0.717, 1.165) is 0 Å². The van der Waals surface area contributed by atoms with Crippen molar-refractivity contribution >= 4 is 16.0 Å². The zero-order valence-corrected chi connectivity index (χ0v) is 17.1. The lowest BCUT2D eigenvalue weighted by atomic mass is 9.98. The van der Waals surface area contributed by atoms with Crippen LogP contribution in [0.1, 0.15) is 24.0 Å². The lowest BCUT2D eigenvalue weighted by molar-refractivity contribution is -0.0496. The van der Waals surface area contributed by atoms with Crippen molar-refractivity contribution in [2.45, 2.75) is 31.8 Å². The van der Waals surface area contributed by atoms with Gasteiger partial charge in [-0.05, 0) is 36.8 Å². The number of piperidine rings is 1. The number of hydrogen-bond donors (Lipinski definition) is 1. The molecule has 10 heteroatoms. The van der Waals surface area contributed by atoms with E-state index < -0.39 is 15.5 Å². The van der Waals surface area contributed by atoms with Gasteiger partial charge in [-0.1, -0.05) is 24.3 Å². The van der Waals surface area contributed by atoms with Crippen molar-refractivity contribution in [1.29, 1.82) is 0 Å². The summed E-state index contributed by atoms with van der Waals surface area (Å²) in [5, 5.41) is 3.25. The van der Waals surface area contributed by atoms with Gasteiger partial charge in [0.15, 0.2) is 5.96 Å². The molecular formula is C18H27F3N4O2S. The molecule has 0 atom stereocenters. The number of nitrogens with zero attached hydrogens (tertiary/aromatic N) is 3. The predicted octanol–water partition coefficient (Wildman–Crippen LogP) is 2.56. The van der Waals surface area contributed by atoms with Gasteiger partial charge in [0, 0.05) is 40.3 Å². The van der Waals surface area contributed by atoms with Gasteiger partial charge in [-0.3, -0.25) is 4.99 Å². The van der Waals surface area contributed by atoms with Crippen molar-refractivity contribution in [2.24, 2.45) is 10.9 Å². The number of alkyl halides is 3. The van der Waals surface area contributed by atoms with Crippen LogP contribution in [0.5, 0.6) is 0 Å². The zero-order valence-electron chi connectivity index (χ0n) is 16.3. The van der Waals surface area contributed by atoms with Gasteiger partial charge < -0.3 is 10.2 Å². The molecule has 0 unspecified atom stereocenters. The molecule has 1 aliphatic heterocycles. The molecule has 0 spiro atoms. The van der Waals surface area contributed by atoms with Crippen LogP contribution in [0, 0.1) is 12.8 Å². The lowest BCUT2D eigenvalue weighted by Crippen LogP contribution is -2.47. The Balaban J connectivity index is 1.86. The normalized spacial score (nSPS) is 17.6. The lowest BCUT2D eigenvalue weighted by Gasteiger charge is -2.32. The standard InChI is InChI=1S/C18H27F3N4O2S/c1-14-6-4-5-7-16(14)13-24(3)17(22-2)23-12-15-8-10-25(11-9-15)28(26,27)18(19,20)21/h4-7,15H,8-13H2,1-3H3,(H,22,23). The van der Waals surface area contributed by atoms with Crippen molar-refractivity contribution in [3.63, 3.8) is 0 Å². The maximum atomic E-state index is 12.6. The molecule has 1 heterocycles. The van der Waals surface area contributed by atoms with Crippen LogP contribution in [-0.4, -0.2) is 62.8 Å². The Hall–Kier alpha value is -1.81. The van der Waals surface area contributed by atoms with Crippen LogP contribution in [-0.2, 0) is 16.6 Å². The van der Waals surface area contributed by atoms with Crippen molar-refractivity contribution in [2.75, 3.05) is 33.7 Å². The topological polar surface area (TPSA) is 65.0 Å². The first-order chi connectivity index (χ1) is 13.1. The summed E-state index contributed by atoms with van der Waals surface area (Å²) in [5.41, 5.74) is -2.88. The summed E-state index contributed by atoms with van der Waals surface area (Å²) in [5.74, 6) is 0.775. The highest BCUT2D eigenvalue weighted by atomic mass is 32.2. The van der Waals surface area contributed by atoms with Gasteiger partial charge in [-0.2, -0.15) is 17.5 Å². The molecule has 0 aromatic heterocycles. The molecule has 28 heavy (non-hydrogen) atoms. The molecule has 1 fully saturated rings. The molecule has 0 amide bonds. The molecule has 2 rings (SSSR count). The number of nitrogens with one attached hydrogen (secondary N) is 1. The number of guanidine groups is 1. The van der Waals surface area contributed by atoms with Gasteiger partial charge in [0.1, 0.15) is 0 Å². The van der Waals surface area contributed by atoms with Gasteiger partial charge in [0.2, 0.25) is 0 Å². The van der Waals surface area contributed by atoms with E-state index in [1.165, 1.54) is 11.1 Å². The minimum atomic E-state index is -5.24. The van der Waals surface area contributed by atoms with Gasteiger partial charge in [-0.15, -0.1) is 0 Å². The third kappa shape index (κ3) is 5.38. The predicted molar refractivity (Wildman–Crippen MR) is 103 cm³/mol. The van der Waals surface area contributed by atoms with Crippen LogP contribution < -0.4 is 5.32 Å². The molecule has 1 N–H and O–H groups in total. The molecule has 1 saturated heterocycles. The van der Waals surface area contributed by atoms with E-state index in [9.17, 15) is 21.6 Å². The van der Waals surface area contributed by atoms with Gasteiger partial charge in [-0.25, -0.2) is 8.42 Å². The minimum Gasteiger partial charge on any atom is -0.356 e. The molecule has 0 radical (unpaired) electrons. The quantitative estimate of drug-likeness (QED) is 0.587. The first kappa shape index (κ1) is 22.5. The molecule has 1 aliphatic rings. The summed E-state index contributed by atoms with van der Waals surface area (Å²) in [7, 11) is -1.64. The maximum Gasteiger partial charge on any atom is 0.511 e. The first-order valence-corrected chi connectivity index (χ1v) is 10.5.